The quantitative estimate of drug-likeness (QED) is 0.620. The first-order valence-corrected chi connectivity index (χ1v) is 7.88. The molecule has 2 aromatic heterocycles. The molecule has 2 heterocycles. The summed E-state index contributed by atoms with van der Waals surface area (Å²) in [5, 5.41) is 6.62. The molecular weight excluding hydrogens is 288 g/mol. The Labute approximate surface area is 133 Å². The third-order valence-electron chi connectivity index (χ3n) is 4.01. The lowest BCUT2D eigenvalue weighted by Gasteiger charge is -2.11. The Morgan fingerprint density at radius 3 is 2.83 bits per heavy atom. The SMILES string of the molecule is CCOc1ccc2ccccc2c1-c1nc2c(cnn2CC)[nH]1. The minimum absolute atomic E-state index is 0.619. The molecule has 4 rings (SSSR count). The van der Waals surface area contributed by atoms with Gasteiger partial charge in [0.05, 0.1) is 18.4 Å². The third-order valence-corrected chi connectivity index (χ3v) is 4.01. The average Bonchev–Trinajstić information content (AvgIpc) is 3.15. The van der Waals surface area contributed by atoms with E-state index < -0.39 is 0 Å². The molecular formula is C18H18N4O. The van der Waals surface area contributed by atoms with E-state index in [1.807, 2.05) is 36.0 Å². The van der Waals surface area contributed by atoms with Crippen LogP contribution in [0.2, 0.25) is 0 Å². The zero-order chi connectivity index (χ0) is 15.8. The maximum atomic E-state index is 5.85. The number of aromatic nitrogens is 4. The Bertz CT molecular complexity index is 983. The Morgan fingerprint density at radius 1 is 1.13 bits per heavy atom. The summed E-state index contributed by atoms with van der Waals surface area (Å²) in [6, 6.07) is 12.4. The van der Waals surface area contributed by atoms with Crippen LogP contribution in [-0.2, 0) is 6.54 Å². The predicted octanol–water partition coefficient (Wildman–Crippen LogP) is 4.00. The molecule has 0 fully saturated rings. The number of hydrogen-bond acceptors (Lipinski definition) is 3. The smallest absolute Gasteiger partial charge is 0.176 e. The second kappa shape index (κ2) is 5.43. The number of nitrogens with zero attached hydrogens (tertiary/aromatic N) is 3. The van der Waals surface area contributed by atoms with Gasteiger partial charge >= 0.3 is 0 Å². The molecule has 0 aliphatic heterocycles. The van der Waals surface area contributed by atoms with Crippen molar-refractivity contribution >= 4 is 21.9 Å². The van der Waals surface area contributed by atoms with Crippen molar-refractivity contribution in [2.75, 3.05) is 6.61 Å². The summed E-state index contributed by atoms with van der Waals surface area (Å²) >= 11 is 0. The number of ether oxygens (including phenoxy) is 1. The van der Waals surface area contributed by atoms with E-state index in [-0.39, 0.29) is 0 Å². The standard InChI is InChI=1S/C18H18N4O/c1-3-22-18-14(11-19-22)20-17(21-18)16-13-8-6-5-7-12(13)9-10-15(16)23-4-2/h5-11H,3-4H2,1-2H3,(H,20,21). The molecule has 0 saturated carbocycles. The van der Waals surface area contributed by atoms with Gasteiger partial charge in [0.15, 0.2) is 5.65 Å². The summed E-state index contributed by atoms with van der Waals surface area (Å²) < 4.78 is 7.74. The van der Waals surface area contributed by atoms with Crippen LogP contribution >= 0.6 is 0 Å². The number of hydrogen-bond donors (Lipinski definition) is 1. The first-order valence-electron chi connectivity index (χ1n) is 7.88. The zero-order valence-electron chi connectivity index (χ0n) is 13.2. The highest BCUT2D eigenvalue weighted by Crippen LogP contribution is 2.36. The minimum Gasteiger partial charge on any atom is -0.493 e. The fraction of sp³-hybridized carbons (Fsp3) is 0.222. The Kier molecular flexibility index (Phi) is 3.26. The maximum Gasteiger partial charge on any atom is 0.176 e. The van der Waals surface area contributed by atoms with Gasteiger partial charge in [0.25, 0.3) is 0 Å². The van der Waals surface area contributed by atoms with Crippen LogP contribution in [0.4, 0.5) is 0 Å². The van der Waals surface area contributed by atoms with E-state index in [0.717, 1.165) is 40.2 Å². The summed E-state index contributed by atoms with van der Waals surface area (Å²) in [6.07, 6.45) is 1.82. The lowest BCUT2D eigenvalue weighted by atomic mass is 10.0. The fourth-order valence-electron chi connectivity index (χ4n) is 2.97. The van der Waals surface area contributed by atoms with Crippen LogP contribution in [0.25, 0.3) is 33.3 Å². The number of aryl methyl sites for hydroxylation is 1. The first kappa shape index (κ1) is 13.8. The first-order chi connectivity index (χ1) is 11.3. The van der Waals surface area contributed by atoms with E-state index in [1.165, 1.54) is 5.39 Å². The summed E-state index contributed by atoms with van der Waals surface area (Å²) in [5.74, 6) is 1.67. The predicted molar refractivity (Wildman–Crippen MR) is 91.7 cm³/mol. The molecule has 0 bridgehead atoms. The Morgan fingerprint density at radius 2 is 2.00 bits per heavy atom. The number of nitrogens with one attached hydrogen (secondary N) is 1. The Balaban J connectivity index is 2.00. The van der Waals surface area contributed by atoms with Crippen molar-refractivity contribution in [3.05, 3.63) is 42.6 Å². The van der Waals surface area contributed by atoms with Gasteiger partial charge in [0.2, 0.25) is 0 Å². The number of fused-ring (bicyclic) bond motifs is 2. The van der Waals surface area contributed by atoms with Crippen molar-refractivity contribution in [3.8, 4) is 17.1 Å². The summed E-state index contributed by atoms with van der Waals surface area (Å²) in [4.78, 5) is 8.15. The summed E-state index contributed by atoms with van der Waals surface area (Å²) in [7, 11) is 0. The van der Waals surface area contributed by atoms with Crippen molar-refractivity contribution in [2.24, 2.45) is 0 Å². The molecule has 0 saturated heterocycles. The highest BCUT2D eigenvalue weighted by Gasteiger charge is 2.16. The van der Waals surface area contributed by atoms with Crippen molar-refractivity contribution in [1.29, 1.82) is 0 Å². The van der Waals surface area contributed by atoms with Gasteiger partial charge < -0.3 is 9.72 Å². The number of rotatable bonds is 4. The van der Waals surface area contributed by atoms with Crippen LogP contribution in [0, 0.1) is 0 Å². The number of imidazole rings is 1. The minimum atomic E-state index is 0.619. The second-order valence-corrected chi connectivity index (χ2v) is 5.38. The van der Waals surface area contributed by atoms with E-state index in [0.29, 0.717) is 6.61 Å². The van der Waals surface area contributed by atoms with Crippen molar-refractivity contribution in [3.63, 3.8) is 0 Å². The van der Waals surface area contributed by atoms with Crippen LogP contribution < -0.4 is 4.74 Å². The number of aromatic amines is 1. The molecule has 23 heavy (non-hydrogen) atoms. The topological polar surface area (TPSA) is 55.7 Å². The van der Waals surface area contributed by atoms with E-state index >= 15 is 0 Å². The van der Waals surface area contributed by atoms with Crippen LogP contribution in [0.3, 0.4) is 0 Å². The van der Waals surface area contributed by atoms with E-state index in [4.69, 9.17) is 9.72 Å². The molecule has 2 aromatic carbocycles. The van der Waals surface area contributed by atoms with Gasteiger partial charge in [-0.25, -0.2) is 9.67 Å². The normalized spacial score (nSPS) is 11.4. The number of H-pyrrole nitrogens is 1. The lowest BCUT2D eigenvalue weighted by molar-refractivity contribution is 0.342. The highest BCUT2D eigenvalue weighted by molar-refractivity contribution is 5.99. The molecule has 116 valence electrons. The van der Waals surface area contributed by atoms with Crippen LogP contribution in [0.5, 0.6) is 5.75 Å². The van der Waals surface area contributed by atoms with Gasteiger partial charge in [0, 0.05) is 6.54 Å². The number of benzene rings is 2. The van der Waals surface area contributed by atoms with Crippen LogP contribution in [-0.4, -0.2) is 26.4 Å². The average molecular weight is 306 g/mol. The second-order valence-electron chi connectivity index (χ2n) is 5.38. The zero-order valence-corrected chi connectivity index (χ0v) is 13.2. The molecule has 0 aliphatic rings. The van der Waals surface area contributed by atoms with Crippen molar-refractivity contribution < 1.29 is 4.74 Å². The van der Waals surface area contributed by atoms with Gasteiger partial charge in [-0.05, 0) is 30.7 Å². The van der Waals surface area contributed by atoms with Crippen LogP contribution in [0.1, 0.15) is 13.8 Å². The van der Waals surface area contributed by atoms with E-state index in [1.54, 1.807) is 0 Å². The monoisotopic (exact) mass is 306 g/mol. The summed E-state index contributed by atoms with van der Waals surface area (Å²) in [5.41, 5.74) is 2.82. The molecule has 4 aromatic rings. The van der Waals surface area contributed by atoms with Crippen molar-refractivity contribution in [2.45, 2.75) is 20.4 Å². The molecule has 0 radical (unpaired) electrons. The van der Waals surface area contributed by atoms with Gasteiger partial charge in [-0.3, -0.25) is 0 Å². The highest BCUT2D eigenvalue weighted by atomic mass is 16.5. The molecule has 0 unspecified atom stereocenters. The lowest BCUT2D eigenvalue weighted by Crippen LogP contribution is -1.98. The van der Waals surface area contributed by atoms with Gasteiger partial charge in [-0.1, -0.05) is 30.3 Å². The van der Waals surface area contributed by atoms with E-state index in [2.05, 4.69) is 35.2 Å². The van der Waals surface area contributed by atoms with Crippen LogP contribution in [0.15, 0.2) is 42.6 Å². The Hall–Kier alpha value is -2.82. The molecule has 0 amide bonds. The molecule has 5 heteroatoms. The summed E-state index contributed by atoms with van der Waals surface area (Å²) in [6.45, 7) is 5.47. The van der Waals surface area contributed by atoms with Gasteiger partial charge in [-0.2, -0.15) is 5.10 Å². The molecule has 0 spiro atoms. The van der Waals surface area contributed by atoms with E-state index in [9.17, 15) is 0 Å². The van der Waals surface area contributed by atoms with Gasteiger partial charge in [0.1, 0.15) is 17.1 Å². The largest absolute Gasteiger partial charge is 0.493 e. The van der Waals surface area contributed by atoms with Crippen molar-refractivity contribution in [1.82, 2.24) is 19.7 Å². The maximum absolute atomic E-state index is 5.85. The third kappa shape index (κ3) is 2.16. The van der Waals surface area contributed by atoms with Gasteiger partial charge in [-0.15, -0.1) is 0 Å². The molecule has 0 atom stereocenters. The fourth-order valence-corrected chi connectivity index (χ4v) is 2.97. The molecule has 0 aliphatic carbocycles. The molecule has 1 N–H and O–H groups in total. The molecule has 5 nitrogen and oxygen atoms in total.